The number of rotatable bonds is 3. The molecule has 0 amide bonds. The highest BCUT2D eigenvalue weighted by atomic mass is 16.7. The Morgan fingerprint density at radius 2 is 1.92 bits per heavy atom. The molecule has 2 unspecified atom stereocenters. The predicted octanol–water partition coefficient (Wildman–Crippen LogP) is 0.620. The molecule has 1 saturated carbocycles. The van der Waals surface area contributed by atoms with E-state index in [0.29, 0.717) is 18.5 Å². The first-order valence-electron chi connectivity index (χ1n) is 4.96. The Bertz CT molecular complexity index is 168. The maximum atomic E-state index is 8.88. The standard InChI is InChI=1S/C9H15BO3/c10-6-1-3-7(4-2-6)12-5-8-9(11)13-8/h6-9,11H,1-5H2. The van der Waals surface area contributed by atoms with Crippen LogP contribution < -0.4 is 0 Å². The molecule has 2 atom stereocenters. The fourth-order valence-electron chi connectivity index (χ4n) is 1.74. The van der Waals surface area contributed by atoms with Crippen LogP contribution in [0.4, 0.5) is 0 Å². The van der Waals surface area contributed by atoms with Gasteiger partial charge in [0.1, 0.15) is 6.10 Å². The van der Waals surface area contributed by atoms with Crippen molar-refractivity contribution in [2.45, 2.75) is 50.0 Å². The topological polar surface area (TPSA) is 42.0 Å². The van der Waals surface area contributed by atoms with Crippen LogP contribution >= 0.6 is 0 Å². The largest absolute Gasteiger partial charge is 0.375 e. The van der Waals surface area contributed by atoms with Crippen molar-refractivity contribution < 1.29 is 14.6 Å². The van der Waals surface area contributed by atoms with E-state index in [2.05, 4.69) is 0 Å². The summed E-state index contributed by atoms with van der Waals surface area (Å²) in [6, 6.07) is 0. The van der Waals surface area contributed by atoms with Crippen molar-refractivity contribution in [3.05, 3.63) is 0 Å². The molecule has 1 N–H and O–H groups in total. The quantitative estimate of drug-likeness (QED) is 0.513. The fraction of sp³-hybridized carbons (Fsp3) is 1.00. The summed E-state index contributed by atoms with van der Waals surface area (Å²) in [4.78, 5) is 0. The van der Waals surface area contributed by atoms with Crippen molar-refractivity contribution in [1.82, 2.24) is 0 Å². The van der Waals surface area contributed by atoms with Crippen LogP contribution in [0.25, 0.3) is 0 Å². The van der Waals surface area contributed by atoms with Gasteiger partial charge >= 0.3 is 0 Å². The van der Waals surface area contributed by atoms with Crippen LogP contribution in [0.15, 0.2) is 0 Å². The minimum absolute atomic E-state index is 0.0735. The zero-order valence-corrected chi connectivity index (χ0v) is 7.69. The number of aliphatic hydroxyl groups excluding tert-OH is 1. The second kappa shape index (κ2) is 3.99. The lowest BCUT2D eigenvalue weighted by Gasteiger charge is -2.26. The normalized spacial score (nSPS) is 44.7. The fourth-order valence-corrected chi connectivity index (χ4v) is 1.74. The monoisotopic (exact) mass is 182 g/mol. The Kier molecular flexibility index (Phi) is 2.91. The van der Waals surface area contributed by atoms with E-state index in [9.17, 15) is 0 Å². The molecular weight excluding hydrogens is 167 g/mol. The summed E-state index contributed by atoms with van der Waals surface area (Å²) in [5.74, 6) is 0.364. The maximum Gasteiger partial charge on any atom is 0.184 e. The van der Waals surface area contributed by atoms with Crippen LogP contribution in [0.3, 0.4) is 0 Å². The van der Waals surface area contributed by atoms with E-state index in [1.807, 2.05) is 0 Å². The molecule has 2 fully saturated rings. The Balaban J connectivity index is 1.60. The third-order valence-electron chi connectivity index (χ3n) is 2.77. The summed E-state index contributed by atoms with van der Waals surface area (Å²) < 4.78 is 10.4. The van der Waals surface area contributed by atoms with Gasteiger partial charge in [-0.3, -0.25) is 0 Å². The van der Waals surface area contributed by atoms with Crippen molar-refractivity contribution in [2.24, 2.45) is 0 Å². The third kappa shape index (κ3) is 2.69. The lowest BCUT2D eigenvalue weighted by Crippen LogP contribution is -2.21. The van der Waals surface area contributed by atoms with Crippen molar-refractivity contribution in [3.63, 3.8) is 0 Å². The molecular formula is C9H15BO3. The molecule has 2 radical (unpaired) electrons. The molecule has 0 aromatic rings. The molecule has 0 spiro atoms. The lowest BCUT2D eigenvalue weighted by molar-refractivity contribution is 0.0199. The summed E-state index contributed by atoms with van der Waals surface area (Å²) >= 11 is 0. The average molecular weight is 182 g/mol. The molecule has 0 aromatic carbocycles. The summed E-state index contributed by atoms with van der Waals surface area (Å²) in [5.41, 5.74) is 0. The number of aliphatic hydroxyl groups is 1. The van der Waals surface area contributed by atoms with E-state index in [1.54, 1.807) is 0 Å². The molecule has 0 bridgehead atoms. The highest BCUT2D eigenvalue weighted by Crippen LogP contribution is 2.29. The predicted molar refractivity (Wildman–Crippen MR) is 48.6 cm³/mol. The van der Waals surface area contributed by atoms with Crippen LogP contribution in [0.1, 0.15) is 25.7 Å². The van der Waals surface area contributed by atoms with E-state index in [-0.39, 0.29) is 6.10 Å². The Labute approximate surface area is 79.8 Å². The molecule has 2 aliphatic rings. The van der Waals surface area contributed by atoms with Gasteiger partial charge in [-0.1, -0.05) is 18.7 Å². The molecule has 2 rings (SSSR count). The first-order chi connectivity index (χ1) is 6.25. The number of hydrogen-bond acceptors (Lipinski definition) is 3. The smallest absolute Gasteiger partial charge is 0.184 e. The highest BCUT2D eigenvalue weighted by Gasteiger charge is 2.37. The maximum absolute atomic E-state index is 8.88. The summed E-state index contributed by atoms with van der Waals surface area (Å²) in [6.45, 7) is 0.529. The second-order valence-electron chi connectivity index (χ2n) is 3.94. The number of hydrogen-bond donors (Lipinski definition) is 1. The third-order valence-corrected chi connectivity index (χ3v) is 2.77. The summed E-state index contributed by atoms with van der Waals surface area (Å²) in [5, 5.41) is 8.88. The molecule has 0 aromatic heterocycles. The summed E-state index contributed by atoms with van der Waals surface area (Å²) in [7, 11) is 5.77. The van der Waals surface area contributed by atoms with Gasteiger partial charge in [0, 0.05) is 0 Å². The zero-order valence-electron chi connectivity index (χ0n) is 7.69. The van der Waals surface area contributed by atoms with Crippen molar-refractivity contribution in [2.75, 3.05) is 6.61 Å². The van der Waals surface area contributed by atoms with Gasteiger partial charge in [0.05, 0.1) is 20.6 Å². The van der Waals surface area contributed by atoms with Crippen LogP contribution in [-0.4, -0.2) is 38.1 Å². The van der Waals surface area contributed by atoms with Gasteiger partial charge in [-0.15, -0.1) is 0 Å². The second-order valence-corrected chi connectivity index (χ2v) is 3.94. The van der Waals surface area contributed by atoms with Crippen LogP contribution in [-0.2, 0) is 9.47 Å². The minimum Gasteiger partial charge on any atom is -0.375 e. The molecule has 1 aliphatic heterocycles. The van der Waals surface area contributed by atoms with Gasteiger partial charge in [0.15, 0.2) is 6.29 Å². The van der Waals surface area contributed by atoms with Crippen molar-refractivity contribution >= 4 is 7.85 Å². The van der Waals surface area contributed by atoms with Crippen molar-refractivity contribution in [3.8, 4) is 0 Å². The Morgan fingerprint density at radius 3 is 2.46 bits per heavy atom. The molecule has 1 aliphatic carbocycles. The molecule has 72 valence electrons. The first-order valence-corrected chi connectivity index (χ1v) is 4.96. The van der Waals surface area contributed by atoms with E-state index >= 15 is 0 Å². The van der Waals surface area contributed by atoms with E-state index in [1.165, 1.54) is 0 Å². The molecule has 4 heteroatoms. The number of ether oxygens (including phenoxy) is 2. The average Bonchev–Trinajstić information content (AvgIpc) is 2.81. The zero-order chi connectivity index (χ0) is 9.26. The minimum atomic E-state index is -0.578. The first kappa shape index (κ1) is 9.50. The van der Waals surface area contributed by atoms with Gasteiger partial charge in [0.2, 0.25) is 0 Å². The Morgan fingerprint density at radius 1 is 1.31 bits per heavy atom. The SMILES string of the molecule is [B]C1CCC(OCC2OC2O)CC1. The van der Waals surface area contributed by atoms with Crippen LogP contribution in [0.2, 0.25) is 5.82 Å². The lowest BCUT2D eigenvalue weighted by atomic mass is 9.75. The molecule has 1 saturated heterocycles. The van der Waals surface area contributed by atoms with E-state index < -0.39 is 6.29 Å². The Hall–Kier alpha value is -0.0551. The van der Waals surface area contributed by atoms with Gasteiger partial charge in [0.25, 0.3) is 0 Å². The molecule has 1 heterocycles. The van der Waals surface area contributed by atoms with E-state index in [0.717, 1.165) is 25.7 Å². The van der Waals surface area contributed by atoms with Crippen LogP contribution in [0.5, 0.6) is 0 Å². The number of epoxide rings is 1. The summed E-state index contributed by atoms with van der Waals surface area (Å²) in [6.07, 6.45) is 3.88. The van der Waals surface area contributed by atoms with Gasteiger partial charge in [-0.25, -0.2) is 0 Å². The molecule has 13 heavy (non-hydrogen) atoms. The van der Waals surface area contributed by atoms with Gasteiger partial charge < -0.3 is 14.6 Å². The van der Waals surface area contributed by atoms with Gasteiger partial charge in [-0.2, -0.15) is 0 Å². The van der Waals surface area contributed by atoms with E-state index in [4.69, 9.17) is 22.4 Å². The van der Waals surface area contributed by atoms with Gasteiger partial charge in [-0.05, 0) is 12.8 Å². The van der Waals surface area contributed by atoms with Crippen LogP contribution in [0, 0.1) is 0 Å². The van der Waals surface area contributed by atoms with Crippen molar-refractivity contribution in [1.29, 1.82) is 0 Å². The highest BCUT2D eigenvalue weighted by molar-refractivity contribution is 6.11. The molecule has 3 nitrogen and oxygen atoms in total.